The number of rotatable bonds is 6. The van der Waals surface area contributed by atoms with Crippen molar-refractivity contribution in [2.75, 3.05) is 18.9 Å². The number of aromatic nitrogens is 2. The SMILES string of the molecule is CC.CC.CC.Nc1c(C(=O)c2cccc(OCC3CO3)c2)cnn1-c1ccc(F)cc1F. The Morgan fingerprint density at radius 2 is 1.79 bits per heavy atom. The summed E-state index contributed by atoms with van der Waals surface area (Å²) < 4.78 is 38.8. The molecular formula is C25H33F2N3O3. The van der Waals surface area contributed by atoms with Crippen molar-refractivity contribution < 1.29 is 23.0 Å². The van der Waals surface area contributed by atoms with Gasteiger partial charge in [0, 0.05) is 11.6 Å². The molecule has 180 valence electrons. The van der Waals surface area contributed by atoms with Gasteiger partial charge in [0.1, 0.15) is 35.8 Å². The summed E-state index contributed by atoms with van der Waals surface area (Å²) in [5.41, 5.74) is 6.42. The third-order valence-electron chi connectivity index (χ3n) is 4.12. The summed E-state index contributed by atoms with van der Waals surface area (Å²) in [6.45, 7) is 13.1. The first-order valence-electron chi connectivity index (χ1n) is 11.2. The van der Waals surface area contributed by atoms with E-state index < -0.39 is 11.6 Å². The van der Waals surface area contributed by atoms with Crippen molar-refractivity contribution in [3.05, 3.63) is 71.4 Å². The highest BCUT2D eigenvalue weighted by atomic mass is 19.1. The number of anilines is 1. The van der Waals surface area contributed by atoms with Gasteiger partial charge < -0.3 is 15.2 Å². The smallest absolute Gasteiger partial charge is 0.198 e. The fourth-order valence-corrected chi connectivity index (χ4v) is 2.61. The highest BCUT2D eigenvalue weighted by Gasteiger charge is 2.23. The molecule has 2 aromatic carbocycles. The Balaban J connectivity index is 0.000000841. The minimum absolute atomic E-state index is 0.0387. The van der Waals surface area contributed by atoms with Gasteiger partial charge in [-0.15, -0.1) is 0 Å². The maximum absolute atomic E-state index is 14.0. The summed E-state index contributed by atoms with van der Waals surface area (Å²) >= 11 is 0. The molecule has 8 heteroatoms. The van der Waals surface area contributed by atoms with E-state index in [1.807, 2.05) is 41.5 Å². The molecule has 3 aromatic rings. The van der Waals surface area contributed by atoms with Crippen LogP contribution in [0.1, 0.15) is 57.5 Å². The summed E-state index contributed by atoms with van der Waals surface area (Å²) in [7, 11) is 0. The largest absolute Gasteiger partial charge is 0.491 e. The molecule has 0 bridgehead atoms. The van der Waals surface area contributed by atoms with Crippen LogP contribution in [0.15, 0.2) is 48.7 Å². The predicted molar refractivity (Wildman–Crippen MR) is 127 cm³/mol. The summed E-state index contributed by atoms with van der Waals surface area (Å²) in [4.78, 5) is 12.8. The van der Waals surface area contributed by atoms with Gasteiger partial charge in [0.2, 0.25) is 0 Å². The zero-order valence-corrected chi connectivity index (χ0v) is 20.1. The Morgan fingerprint density at radius 3 is 2.39 bits per heavy atom. The molecule has 0 aliphatic carbocycles. The second kappa shape index (κ2) is 14.0. The quantitative estimate of drug-likeness (QED) is 0.369. The van der Waals surface area contributed by atoms with Crippen LogP contribution < -0.4 is 10.5 Å². The normalized spacial score (nSPS) is 13.3. The Morgan fingerprint density at radius 1 is 1.12 bits per heavy atom. The van der Waals surface area contributed by atoms with Crippen LogP contribution in [0.2, 0.25) is 0 Å². The molecule has 0 spiro atoms. The number of ether oxygens (including phenoxy) is 2. The van der Waals surface area contributed by atoms with E-state index in [1.165, 1.54) is 12.3 Å². The lowest BCUT2D eigenvalue weighted by Gasteiger charge is -2.08. The topological polar surface area (TPSA) is 82.7 Å². The van der Waals surface area contributed by atoms with Crippen LogP contribution in [0.25, 0.3) is 5.69 Å². The lowest BCUT2D eigenvalue weighted by atomic mass is 10.1. The van der Waals surface area contributed by atoms with E-state index in [4.69, 9.17) is 15.2 Å². The van der Waals surface area contributed by atoms with Crippen molar-refractivity contribution >= 4 is 11.6 Å². The number of halogens is 2. The van der Waals surface area contributed by atoms with Crippen LogP contribution in [-0.2, 0) is 4.74 Å². The number of ketones is 1. The number of nitrogens with two attached hydrogens (primary N) is 1. The van der Waals surface area contributed by atoms with Gasteiger partial charge in [-0.2, -0.15) is 5.10 Å². The van der Waals surface area contributed by atoms with Crippen molar-refractivity contribution in [1.29, 1.82) is 0 Å². The fraction of sp³-hybridized carbons (Fsp3) is 0.360. The molecule has 1 atom stereocenters. The minimum atomic E-state index is -0.832. The fourth-order valence-electron chi connectivity index (χ4n) is 2.61. The van der Waals surface area contributed by atoms with Gasteiger partial charge in [-0.05, 0) is 24.3 Å². The van der Waals surface area contributed by atoms with Gasteiger partial charge in [-0.25, -0.2) is 13.5 Å². The van der Waals surface area contributed by atoms with Gasteiger partial charge in [0.05, 0.1) is 18.4 Å². The molecular weight excluding hydrogens is 428 g/mol. The van der Waals surface area contributed by atoms with Crippen LogP contribution in [0, 0.1) is 11.6 Å². The summed E-state index contributed by atoms with van der Waals surface area (Å²) in [5.74, 6) is -1.43. The van der Waals surface area contributed by atoms with Gasteiger partial charge >= 0.3 is 0 Å². The maximum atomic E-state index is 14.0. The van der Waals surface area contributed by atoms with E-state index in [2.05, 4.69) is 5.10 Å². The predicted octanol–water partition coefficient (Wildman–Crippen LogP) is 5.82. The average Bonchev–Trinajstić information content (AvgIpc) is 3.62. The molecule has 0 saturated carbocycles. The maximum Gasteiger partial charge on any atom is 0.198 e. The van der Waals surface area contributed by atoms with E-state index in [-0.39, 0.29) is 29.0 Å². The monoisotopic (exact) mass is 461 g/mol. The number of benzene rings is 2. The molecule has 2 heterocycles. The van der Waals surface area contributed by atoms with Gasteiger partial charge in [0.15, 0.2) is 11.6 Å². The molecule has 1 fully saturated rings. The molecule has 1 aliphatic heterocycles. The zero-order chi connectivity index (χ0) is 25.0. The first-order chi connectivity index (χ1) is 16.0. The van der Waals surface area contributed by atoms with Crippen LogP contribution in [0.5, 0.6) is 5.75 Å². The zero-order valence-electron chi connectivity index (χ0n) is 20.1. The van der Waals surface area contributed by atoms with Crippen LogP contribution in [0.4, 0.5) is 14.6 Å². The Labute approximate surface area is 194 Å². The molecule has 1 saturated heterocycles. The van der Waals surface area contributed by atoms with Crippen molar-refractivity contribution in [1.82, 2.24) is 9.78 Å². The molecule has 33 heavy (non-hydrogen) atoms. The van der Waals surface area contributed by atoms with Gasteiger partial charge in [-0.3, -0.25) is 4.79 Å². The van der Waals surface area contributed by atoms with Crippen LogP contribution in [0.3, 0.4) is 0 Å². The first kappa shape index (κ1) is 27.8. The molecule has 6 nitrogen and oxygen atoms in total. The molecule has 0 radical (unpaired) electrons. The number of hydrogen-bond acceptors (Lipinski definition) is 5. The van der Waals surface area contributed by atoms with Gasteiger partial charge in [-0.1, -0.05) is 53.7 Å². The van der Waals surface area contributed by atoms with Gasteiger partial charge in [0.25, 0.3) is 0 Å². The highest BCUT2D eigenvalue weighted by molar-refractivity contribution is 6.11. The molecule has 0 amide bonds. The van der Waals surface area contributed by atoms with Crippen molar-refractivity contribution in [3.63, 3.8) is 0 Å². The Kier molecular flexibility index (Phi) is 11.8. The summed E-state index contributed by atoms with van der Waals surface area (Å²) in [6, 6.07) is 9.67. The van der Waals surface area contributed by atoms with Crippen LogP contribution >= 0.6 is 0 Å². The van der Waals surface area contributed by atoms with Crippen molar-refractivity contribution in [2.24, 2.45) is 0 Å². The summed E-state index contributed by atoms with van der Waals surface area (Å²) in [6.07, 6.45) is 1.36. The van der Waals surface area contributed by atoms with E-state index >= 15 is 0 Å². The average molecular weight is 462 g/mol. The number of epoxide rings is 1. The lowest BCUT2D eigenvalue weighted by Crippen LogP contribution is -2.09. The number of carbonyl (C=O) groups is 1. The molecule has 2 N–H and O–H groups in total. The standard InChI is InChI=1S/C19H15F2N3O3.3C2H6/c20-12-4-5-17(16(21)7-12)24-19(22)15(8-23-24)18(25)11-2-1-3-13(6-11)26-9-14-10-27-14;3*1-2/h1-8,14H,9-10,22H2;3*1-2H3. The third kappa shape index (κ3) is 7.39. The van der Waals surface area contributed by atoms with E-state index in [1.54, 1.807) is 24.3 Å². The molecule has 1 aromatic heterocycles. The molecule has 4 rings (SSSR count). The van der Waals surface area contributed by atoms with E-state index in [0.29, 0.717) is 24.5 Å². The third-order valence-corrected chi connectivity index (χ3v) is 4.12. The van der Waals surface area contributed by atoms with Crippen molar-refractivity contribution in [3.8, 4) is 11.4 Å². The van der Waals surface area contributed by atoms with Crippen LogP contribution in [-0.4, -0.2) is 34.9 Å². The Hall–Kier alpha value is -3.26. The van der Waals surface area contributed by atoms with E-state index in [9.17, 15) is 13.6 Å². The number of carbonyl (C=O) groups excluding carboxylic acids is 1. The second-order valence-corrected chi connectivity index (χ2v) is 6.07. The number of nitrogens with zero attached hydrogens (tertiary/aromatic N) is 2. The first-order valence-corrected chi connectivity index (χ1v) is 11.2. The van der Waals surface area contributed by atoms with Crippen molar-refractivity contribution in [2.45, 2.75) is 47.6 Å². The highest BCUT2D eigenvalue weighted by Crippen LogP contribution is 2.24. The minimum Gasteiger partial charge on any atom is -0.491 e. The summed E-state index contributed by atoms with van der Waals surface area (Å²) in [5, 5.41) is 3.97. The molecule has 1 unspecified atom stereocenters. The lowest BCUT2D eigenvalue weighted by molar-refractivity contribution is 0.103. The number of nitrogen functional groups attached to an aromatic ring is 1. The van der Waals surface area contributed by atoms with E-state index in [0.717, 1.165) is 16.8 Å². The second-order valence-electron chi connectivity index (χ2n) is 6.07. The Bertz CT molecular complexity index is 1020. The molecule has 1 aliphatic rings. The number of hydrogen-bond donors (Lipinski definition) is 1.